The van der Waals surface area contributed by atoms with Crippen LogP contribution in [-0.4, -0.2) is 69.1 Å². The summed E-state index contributed by atoms with van der Waals surface area (Å²) >= 11 is 1.54. The Hall–Kier alpha value is -2.58. The Morgan fingerprint density at radius 2 is 1.82 bits per heavy atom. The summed E-state index contributed by atoms with van der Waals surface area (Å²) in [6.07, 6.45) is 9.40. The topological polar surface area (TPSA) is 87.2 Å². The number of fused-ring (bicyclic) bond motifs is 2. The fraction of sp³-hybridized carbons (Fsp3) is 0.567. The standard InChI is InChI=1S/C30H38N2O5S/c1-6-18(2)21(17-33)32-25-27(35)31(24-19(3)11-9-12-20(24)4)15-10-14-30(25)22(26(32)34)23-28(36)37-16-8-7-13-29(23,5)38-30/h7,9-14,18,21-23,25,33H,6,8,15-17H2,1-5H3/t18-,21-,22-,23+,25?,29-,30-/m0/s1. The number of cyclic esters (lactones) is 1. The van der Waals surface area contributed by atoms with Crippen molar-refractivity contribution in [3.8, 4) is 0 Å². The molecule has 38 heavy (non-hydrogen) atoms. The second-order valence-corrected chi connectivity index (χ2v) is 13.1. The number of esters is 1. The zero-order valence-corrected chi connectivity index (χ0v) is 23.7. The smallest absolute Gasteiger partial charge is 0.311 e. The summed E-state index contributed by atoms with van der Waals surface area (Å²) in [5.41, 5.74) is 2.81. The van der Waals surface area contributed by atoms with Crippen LogP contribution in [0.2, 0.25) is 0 Å². The average Bonchev–Trinajstić information content (AvgIpc) is 3.19. The van der Waals surface area contributed by atoms with Gasteiger partial charge in [0.15, 0.2) is 0 Å². The molecule has 7 nitrogen and oxygen atoms in total. The zero-order chi connectivity index (χ0) is 27.4. The molecule has 1 spiro atoms. The molecule has 0 saturated carbocycles. The number of thioether (sulfide) groups is 1. The van der Waals surface area contributed by atoms with E-state index >= 15 is 0 Å². The molecule has 2 amide bonds. The Bertz CT molecular complexity index is 1190. The molecule has 4 aliphatic rings. The molecule has 8 heteroatoms. The predicted molar refractivity (Wildman–Crippen MR) is 149 cm³/mol. The number of benzene rings is 1. The van der Waals surface area contributed by atoms with Crippen LogP contribution >= 0.6 is 11.8 Å². The second kappa shape index (κ2) is 9.87. The van der Waals surface area contributed by atoms with E-state index in [0.717, 1.165) is 23.2 Å². The number of anilines is 1. The quantitative estimate of drug-likeness (QED) is 0.453. The van der Waals surface area contributed by atoms with Gasteiger partial charge >= 0.3 is 5.97 Å². The van der Waals surface area contributed by atoms with E-state index in [2.05, 4.69) is 0 Å². The van der Waals surface area contributed by atoms with E-state index in [1.165, 1.54) is 11.8 Å². The fourth-order valence-corrected chi connectivity index (χ4v) is 9.17. The van der Waals surface area contributed by atoms with Crippen molar-refractivity contribution in [2.75, 3.05) is 24.7 Å². The molecule has 2 saturated heterocycles. The van der Waals surface area contributed by atoms with Crippen molar-refractivity contribution in [3.63, 3.8) is 0 Å². The Morgan fingerprint density at radius 3 is 2.47 bits per heavy atom. The van der Waals surface area contributed by atoms with Gasteiger partial charge in [-0.05, 0) is 44.2 Å². The lowest BCUT2D eigenvalue weighted by Gasteiger charge is -2.41. The number of ether oxygens (including phenoxy) is 1. The summed E-state index contributed by atoms with van der Waals surface area (Å²) in [5, 5.41) is 10.6. The summed E-state index contributed by atoms with van der Waals surface area (Å²) in [4.78, 5) is 46.2. The molecule has 0 aliphatic carbocycles. The van der Waals surface area contributed by atoms with Crippen molar-refractivity contribution in [1.29, 1.82) is 0 Å². The molecule has 5 rings (SSSR count). The van der Waals surface area contributed by atoms with Gasteiger partial charge in [0.2, 0.25) is 5.91 Å². The summed E-state index contributed by atoms with van der Waals surface area (Å²) < 4.78 is 3.95. The molecule has 0 bridgehead atoms. The molecule has 0 aromatic heterocycles. The van der Waals surface area contributed by atoms with Gasteiger partial charge in [-0.25, -0.2) is 0 Å². The summed E-state index contributed by atoms with van der Waals surface area (Å²) in [5.74, 6) is -2.34. The summed E-state index contributed by atoms with van der Waals surface area (Å²) in [6, 6.07) is 4.55. The number of hydrogen-bond donors (Lipinski definition) is 1. The number of hydrogen-bond acceptors (Lipinski definition) is 6. The molecule has 1 unspecified atom stereocenters. The van der Waals surface area contributed by atoms with Crippen LogP contribution in [0.25, 0.3) is 0 Å². The minimum absolute atomic E-state index is 0.0333. The van der Waals surface area contributed by atoms with Crippen LogP contribution in [0.4, 0.5) is 5.69 Å². The van der Waals surface area contributed by atoms with Crippen molar-refractivity contribution in [1.82, 2.24) is 4.90 Å². The summed E-state index contributed by atoms with van der Waals surface area (Å²) in [6.45, 7) is 10.4. The fourth-order valence-electron chi connectivity index (χ4n) is 7.03. The molecule has 0 radical (unpaired) electrons. The van der Waals surface area contributed by atoms with Gasteiger partial charge in [0.05, 0.1) is 35.8 Å². The molecular weight excluding hydrogens is 500 g/mol. The highest BCUT2D eigenvalue weighted by molar-refractivity contribution is 8.02. The first-order valence-electron chi connectivity index (χ1n) is 13.6. The molecule has 7 atom stereocenters. The van der Waals surface area contributed by atoms with E-state index in [-0.39, 0.29) is 36.9 Å². The Kier molecular flexibility index (Phi) is 7.01. The third-order valence-corrected chi connectivity index (χ3v) is 10.8. The molecule has 1 aromatic carbocycles. The summed E-state index contributed by atoms with van der Waals surface area (Å²) in [7, 11) is 0. The first kappa shape index (κ1) is 27.0. The SMILES string of the molecule is CC[C@H](C)[C@H](CO)N1C(=O)[C@@H]2[C@@H]3C(=O)OCCC=C[C@]3(C)S[C@@]23C=CCN(c2c(C)cccc2C)C(=O)C13. The zero-order valence-electron chi connectivity index (χ0n) is 22.8. The van der Waals surface area contributed by atoms with Gasteiger partial charge in [0.25, 0.3) is 5.91 Å². The van der Waals surface area contributed by atoms with Crippen molar-refractivity contribution in [2.24, 2.45) is 17.8 Å². The van der Waals surface area contributed by atoms with Crippen LogP contribution in [0.15, 0.2) is 42.5 Å². The van der Waals surface area contributed by atoms with Gasteiger partial charge in [0.1, 0.15) is 6.04 Å². The van der Waals surface area contributed by atoms with Gasteiger partial charge in [-0.3, -0.25) is 14.4 Å². The first-order chi connectivity index (χ1) is 18.1. The van der Waals surface area contributed by atoms with Gasteiger partial charge in [0, 0.05) is 17.0 Å². The van der Waals surface area contributed by atoms with Gasteiger partial charge in [-0.1, -0.05) is 62.8 Å². The predicted octanol–water partition coefficient (Wildman–Crippen LogP) is 3.80. The van der Waals surface area contributed by atoms with Crippen molar-refractivity contribution in [3.05, 3.63) is 53.6 Å². The number of rotatable bonds is 5. The molecule has 1 N–H and O–H groups in total. The largest absolute Gasteiger partial charge is 0.465 e. The number of para-hydroxylation sites is 1. The van der Waals surface area contributed by atoms with Gasteiger partial charge in [-0.2, -0.15) is 0 Å². The Labute approximate surface area is 229 Å². The highest BCUT2D eigenvalue weighted by Gasteiger charge is 2.74. The molecule has 1 aromatic rings. The van der Waals surface area contributed by atoms with Crippen molar-refractivity contribution >= 4 is 35.2 Å². The highest BCUT2D eigenvalue weighted by Crippen LogP contribution is 2.65. The number of nitrogens with zero attached hydrogens (tertiary/aromatic N) is 2. The maximum absolute atomic E-state index is 14.7. The van der Waals surface area contributed by atoms with Crippen LogP contribution in [0.5, 0.6) is 0 Å². The number of carbonyl (C=O) groups excluding carboxylic acids is 3. The van der Waals surface area contributed by atoms with Gasteiger partial charge < -0.3 is 19.6 Å². The minimum atomic E-state index is -0.965. The van der Waals surface area contributed by atoms with Crippen LogP contribution in [-0.2, 0) is 19.1 Å². The van der Waals surface area contributed by atoms with E-state index in [0.29, 0.717) is 13.0 Å². The Morgan fingerprint density at radius 1 is 1.11 bits per heavy atom. The maximum atomic E-state index is 14.7. The monoisotopic (exact) mass is 538 g/mol. The lowest BCUT2D eigenvalue weighted by atomic mass is 9.74. The minimum Gasteiger partial charge on any atom is -0.465 e. The molecular formula is C30H38N2O5S. The number of aryl methyl sites for hydroxylation is 2. The number of aliphatic hydroxyl groups is 1. The average molecular weight is 539 g/mol. The van der Waals surface area contributed by atoms with E-state index in [1.54, 1.807) is 9.80 Å². The Balaban J connectivity index is 1.72. The van der Waals surface area contributed by atoms with Crippen molar-refractivity contribution < 1.29 is 24.2 Å². The van der Waals surface area contributed by atoms with Crippen LogP contribution in [0, 0.1) is 31.6 Å². The second-order valence-electron chi connectivity index (χ2n) is 11.3. The maximum Gasteiger partial charge on any atom is 0.311 e. The number of amides is 2. The van der Waals surface area contributed by atoms with E-state index in [4.69, 9.17) is 4.74 Å². The lowest BCUT2D eigenvalue weighted by Crippen LogP contribution is -2.58. The molecule has 204 valence electrons. The first-order valence-corrected chi connectivity index (χ1v) is 14.5. The highest BCUT2D eigenvalue weighted by atomic mass is 32.2. The van der Waals surface area contributed by atoms with E-state index < -0.39 is 33.4 Å². The molecule has 2 fully saturated rings. The third-order valence-electron chi connectivity index (χ3n) is 9.01. The number of likely N-dealkylation sites (tertiary alicyclic amines) is 1. The van der Waals surface area contributed by atoms with Crippen molar-refractivity contribution in [2.45, 2.75) is 69.0 Å². The van der Waals surface area contributed by atoms with E-state index in [9.17, 15) is 19.5 Å². The molecule has 4 aliphatic heterocycles. The van der Waals surface area contributed by atoms with Crippen LogP contribution in [0.1, 0.15) is 44.7 Å². The van der Waals surface area contributed by atoms with Crippen LogP contribution in [0.3, 0.4) is 0 Å². The third kappa shape index (κ3) is 3.86. The number of carbonyl (C=O) groups is 3. The lowest BCUT2D eigenvalue weighted by molar-refractivity contribution is -0.155. The van der Waals surface area contributed by atoms with E-state index in [1.807, 2.05) is 77.1 Å². The normalized spacial score (nSPS) is 34.2. The van der Waals surface area contributed by atoms with Crippen LogP contribution < -0.4 is 4.90 Å². The molecule has 4 heterocycles. The van der Waals surface area contributed by atoms with Gasteiger partial charge in [-0.15, -0.1) is 11.8 Å². The number of aliphatic hydroxyl groups excluding tert-OH is 1.